The normalized spacial score (nSPS) is 22.8. The van der Waals surface area contributed by atoms with E-state index in [2.05, 4.69) is 4.98 Å². The number of amides is 1. The van der Waals surface area contributed by atoms with Gasteiger partial charge in [-0.2, -0.15) is 0 Å². The molecule has 2 atom stereocenters. The van der Waals surface area contributed by atoms with E-state index in [-0.39, 0.29) is 5.91 Å². The van der Waals surface area contributed by atoms with Gasteiger partial charge in [0.1, 0.15) is 0 Å². The lowest BCUT2D eigenvalue weighted by Crippen LogP contribution is -2.38. The lowest BCUT2D eigenvalue weighted by molar-refractivity contribution is -0.146. The first kappa shape index (κ1) is 15.3. The largest absolute Gasteiger partial charge is 0.481 e. The number of carbonyl (C=O) groups is 2. The fourth-order valence-electron chi connectivity index (χ4n) is 2.88. The minimum Gasteiger partial charge on any atom is -0.481 e. The summed E-state index contributed by atoms with van der Waals surface area (Å²) in [5.74, 6) is -1.01. The number of aliphatic carboxylic acids is 1. The van der Waals surface area contributed by atoms with Crippen molar-refractivity contribution >= 4 is 11.9 Å². The quantitative estimate of drug-likeness (QED) is 0.916. The van der Waals surface area contributed by atoms with E-state index in [0.29, 0.717) is 31.7 Å². The molecule has 1 aliphatic rings. The van der Waals surface area contributed by atoms with Crippen LogP contribution in [0.5, 0.6) is 5.88 Å². The second-order valence-electron chi connectivity index (χ2n) is 5.10. The van der Waals surface area contributed by atoms with Crippen molar-refractivity contribution in [3.63, 3.8) is 0 Å². The highest BCUT2D eigenvalue weighted by atomic mass is 16.5. The van der Waals surface area contributed by atoms with Crippen molar-refractivity contribution < 1.29 is 19.4 Å². The maximum Gasteiger partial charge on any atom is 0.308 e. The first-order valence-electron chi connectivity index (χ1n) is 7.10. The number of hydrogen-bond acceptors (Lipinski definition) is 4. The number of ether oxygens (including phenoxy) is 1. The average molecular weight is 292 g/mol. The van der Waals surface area contributed by atoms with Crippen LogP contribution >= 0.6 is 0 Å². The molecule has 2 rings (SSSR count). The molecule has 0 radical (unpaired) electrons. The molecule has 0 saturated carbocycles. The van der Waals surface area contributed by atoms with Gasteiger partial charge >= 0.3 is 5.97 Å². The molecule has 1 amide bonds. The molecule has 2 heterocycles. The van der Waals surface area contributed by atoms with Crippen LogP contribution in [0.1, 0.15) is 37.8 Å². The van der Waals surface area contributed by atoms with E-state index in [4.69, 9.17) is 4.74 Å². The standard InChI is InChI=1S/C15H20N2O4/c1-3-17-13(18)6-4-5-11(15(19)20)14(17)10-7-8-12(21-2)16-9-10/h7-9,11,14H,3-6H2,1-2H3,(H,19,20). The summed E-state index contributed by atoms with van der Waals surface area (Å²) in [6.45, 7) is 2.35. The number of carboxylic acid groups (broad SMARTS) is 1. The molecule has 1 aromatic rings. The first-order chi connectivity index (χ1) is 10.1. The molecular formula is C15H20N2O4. The van der Waals surface area contributed by atoms with Crippen molar-refractivity contribution in [3.8, 4) is 5.88 Å². The van der Waals surface area contributed by atoms with Crippen LogP contribution in [-0.4, -0.2) is 40.5 Å². The van der Waals surface area contributed by atoms with Crippen LogP contribution in [-0.2, 0) is 9.59 Å². The Kier molecular flexibility index (Phi) is 4.77. The SMILES string of the molecule is CCN1C(=O)CCCC(C(=O)O)C1c1ccc(OC)nc1. The Morgan fingerprint density at radius 1 is 1.52 bits per heavy atom. The van der Waals surface area contributed by atoms with Gasteiger partial charge in [-0.15, -0.1) is 0 Å². The first-order valence-corrected chi connectivity index (χ1v) is 7.10. The van der Waals surface area contributed by atoms with Gasteiger partial charge in [-0.25, -0.2) is 4.98 Å². The predicted octanol–water partition coefficient (Wildman–Crippen LogP) is 1.86. The fourth-order valence-corrected chi connectivity index (χ4v) is 2.88. The second-order valence-corrected chi connectivity index (χ2v) is 5.10. The predicted molar refractivity (Wildman–Crippen MR) is 75.9 cm³/mol. The van der Waals surface area contributed by atoms with E-state index in [1.165, 1.54) is 7.11 Å². The molecule has 0 spiro atoms. The van der Waals surface area contributed by atoms with E-state index in [0.717, 1.165) is 5.56 Å². The molecule has 6 heteroatoms. The van der Waals surface area contributed by atoms with Crippen LogP contribution in [0.4, 0.5) is 0 Å². The second kappa shape index (κ2) is 6.56. The fraction of sp³-hybridized carbons (Fsp3) is 0.533. The summed E-state index contributed by atoms with van der Waals surface area (Å²) in [4.78, 5) is 29.6. The molecule has 0 bridgehead atoms. The van der Waals surface area contributed by atoms with Gasteiger partial charge in [0.05, 0.1) is 19.1 Å². The average Bonchev–Trinajstić information content (AvgIpc) is 2.66. The van der Waals surface area contributed by atoms with Gasteiger partial charge < -0.3 is 14.7 Å². The van der Waals surface area contributed by atoms with Gasteiger partial charge in [0.15, 0.2) is 0 Å². The lowest BCUT2D eigenvalue weighted by Gasteiger charge is -2.32. The maximum absolute atomic E-state index is 12.2. The number of methoxy groups -OCH3 is 1. The van der Waals surface area contributed by atoms with Crippen LogP contribution in [0.3, 0.4) is 0 Å². The summed E-state index contributed by atoms with van der Waals surface area (Å²) >= 11 is 0. The summed E-state index contributed by atoms with van der Waals surface area (Å²) in [5.41, 5.74) is 0.736. The number of pyridine rings is 1. The Labute approximate surface area is 123 Å². The Bertz CT molecular complexity index is 513. The van der Waals surface area contributed by atoms with E-state index < -0.39 is 17.9 Å². The number of hydrogen-bond donors (Lipinski definition) is 1. The minimum absolute atomic E-state index is 0.00191. The van der Waals surface area contributed by atoms with Gasteiger partial charge in [-0.1, -0.05) is 6.07 Å². The van der Waals surface area contributed by atoms with Crippen molar-refractivity contribution in [2.75, 3.05) is 13.7 Å². The topological polar surface area (TPSA) is 79.7 Å². The molecular weight excluding hydrogens is 272 g/mol. The molecule has 21 heavy (non-hydrogen) atoms. The van der Waals surface area contributed by atoms with Crippen molar-refractivity contribution in [3.05, 3.63) is 23.9 Å². The maximum atomic E-state index is 12.2. The zero-order chi connectivity index (χ0) is 15.4. The van der Waals surface area contributed by atoms with Gasteiger partial charge in [0.25, 0.3) is 0 Å². The summed E-state index contributed by atoms with van der Waals surface area (Å²) in [7, 11) is 1.52. The number of carbonyl (C=O) groups excluding carboxylic acids is 1. The highest BCUT2D eigenvalue weighted by molar-refractivity contribution is 5.79. The molecule has 114 valence electrons. The van der Waals surface area contributed by atoms with E-state index >= 15 is 0 Å². The van der Waals surface area contributed by atoms with Crippen molar-refractivity contribution in [1.82, 2.24) is 9.88 Å². The zero-order valence-electron chi connectivity index (χ0n) is 12.3. The van der Waals surface area contributed by atoms with Gasteiger partial charge in [-0.3, -0.25) is 9.59 Å². The molecule has 1 aliphatic heterocycles. The summed E-state index contributed by atoms with van der Waals surface area (Å²) < 4.78 is 5.02. The molecule has 2 unspecified atom stereocenters. The minimum atomic E-state index is -0.871. The Hall–Kier alpha value is -2.11. The Morgan fingerprint density at radius 3 is 2.81 bits per heavy atom. The molecule has 1 saturated heterocycles. The van der Waals surface area contributed by atoms with Crippen molar-refractivity contribution in [2.24, 2.45) is 5.92 Å². The van der Waals surface area contributed by atoms with Crippen LogP contribution in [0.25, 0.3) is 0 Å². The van der Waals surface area contributed by atoms with Crippen LogP contribution in [0.15, 0.2) is 18.3 Å². The van der Waals surface area contributed by atoms with Crippen LogP contribution in [0.2, 0.25) is 0 Å². The molecule has 0 aliphatic carbocycles. The van der Waals surface area contributed by atoms with Gasteiger partial charge in [0, 0.05) is 25.2 Å². The molecule has 1 N–H and O–H groups in total. The molecule has 1 aromatic heterocycles. The van der Waals surface area contributed by atoms with E-state index in [9.17, 15) is 14.7 Å². The summed E-state index contributed by atoms with van der Waals surface area (Å²) in [6.07, 6.45) is 3.10. The number of aromatic nitrogens is 1. The van der Waals surface area contributed by atoms with Crippen molar-refractivity contribution in [1.29, 1.82) is 0 Å². The Balaban J connectivity index is 2.42. The van der Waals surface area contributed by atoms with Gasteiger partial charge in [-0.05, 0) is 25.3 Å². The van der Waals surface area contributed by atoms with E-state index in [1.54, 1.807) is 23.2 Å². The monoisotopic (exact) mass is 292 g/mol. The number of carboxylic acids is 1. The lowest BCUT2D eigenvalue weighted by atomic mass is 9.90. The third-order valence-electron chi connectivity index (χ3n) is 3.91. The van der Waals surface area contributed by atoms with Crippen LogP contribution < -0.4 is 4.74 Å². The highest BCUT2D eigenvalue weighted by Gasteiger charge is 2.38. The zero-order valence-corrected chi connectivity index (χ0v) is 12.3. The highest BCUT2D eigenvalue weighted by Crippen LogP contribution is 2.35. The molecule has 1 fully saturated rings. The Morgan fingerprint density at radius 2 is 2.29 bits per heavy atom. The summed E-state index contributed by atoms with van der Waals surface area (Å²) in [5, 5.41) is 9.51. The molecule has 0 aromatic carbocycles. The van der Waals surface area contributed by atoms with E-state index in [1.807, 2.05) is 6.92 Å². The number of nitrogens with zero attached hydrogens (tertiary/aromatic N) is 2. The number of rotatable bonds is 4. The third-order valence-corrected chi connectivity index (χ3v) is 3.91. The van der Waals surface area contributed by atoms with Crippen molar-refractivity contribution in [2.45, 2.75) is 32.2 Å². The molecule has 6 nitrogen and oxygen atoms in total. The van der Waals surface area contributed by atoms with Gasteiger partial charge in [0.2, 0.25) is 11.8 Å². The van der Waals surface area contributed by atoms with Crippen LogP contribution in [0, 0.1) is 5.92 Å². The number of likely N-dealkylation sites (tertiary alicyclic amines) is 1. The smallest absolute Gasteiger partial charge is 0.308 e. The third kappa shape index (κ3) is 3.15. The summed E-state index contributed by atoms with van der Waals surface area (Å²) in [6, 6.07) is 3.01.